The fraction of sp³-hybridized carbons (Fsp3) is 0.130. The molecule has 7 heterocycles. The van der Waals surface area contributed by atoms with E-state index in [1.807, 2.05) is 72.8 Å². The topological polar surface area (TPSA) is 43.4 Å². The minimum atomic E-state index is -4.03. The minimum absolute atomic E-state index is 0.330. The Bertz CT molecular complexity index is 2340. The first-order valence-corrected chi connectivity index (χ1v) is 21.0. The number of hydrogen-bond donors (Lipinski definition) is 0. The van der Waals surface area contributed by atoms with E-state index in [2.05, 4.69) is 121 Å². The predicted molar refractivity (Wildman–Crippen MR) is 205 cm³/mol. The van der Waals surface area contributed by atoms with E-state index in [1.165, 1.54) is 0 Å². The monoisotopic (exact) mass is 696 g/mol. The summed E-state index contributed by atoms with van der Waals surface area (Å²) in [5, 5.41) is -4.84. The van der Waals surface area contributed by atoms with Gasteiger partial charge in [-0.15, -0.1) is 0 Å². The van der Waals surface area contributed by atoms with Crippen LogP contribution in [0, 0.1) is 11.8 Å². The third kappa shape index (κ3) is 2.95. The molecular formula is C46H34O3P2. The van der Waals surface area contributed by atoms with Gasteiger partial charge in [-0.2, -0.15) is 0 Å². The van der Waals surface area contributed by atoms with E-state index in [1.54, 1.807) is 0 Å². The normalized spacial score (nSPS) is 36.2. The smallest absolute Gasteiger partial charge is 0.236 e. The second-order valence-corrected chi connectivity index (χ2v) is 20.3. The van der Waals surface area contributed by atoms with Crippen LogP contribution >= 0.6 is 14.7 Å². The Morgan fingerprint density at radius 1 is 0.373 bits per heavy atom. The van der Waals surface area contributed by atoms with Crippen molar-refractivity contribution in [3.63, 3.8) is 0 Å². The Labute approximate surface area is 298 Å². The standard InChI is InChI=1S/C46H34O3P2/c47-50-43(35-23-11-3-12-24-35)31-39(33-19-7-1-8-20-33)41-42-40(34-21-9-2-10-22-34)32-44(36-25-13-4-14-26-36,45(41,50)37-27-15-5-16-28-37)51(48,49-50)46(42,43)38-29-17-6-18-30-38/h1-32,41-42H/t41-,42-,43?,44?,45+,46+,50?,51?/m0/s1. The van der Waals surface area contributed by atoms with Crippen LogP contribution in [0.3, 0.4) is 0 Å². The zero-order valence-corrected chi connectivity index (χ0v) is 29.5. The molecular weight excluding hydrogens is 662 g/mol. The maximum atomic E-state index is 17.6. The maximum Gasteiger partial charge on any atom is 0.236 e. The van der Waals surface area contributed by atoms with Crippen LogP contribution in [0.2, 0.25) is 0 Å². The zero-order valence-electron chi connectivity index (χ0n) is 27.7. The van der Waals surface area contributed by atoms with Crippen LogP contribution in [0.4, 0.5) is 0 Å². The van der Waals surface area contributed by atoms with E-state index < -0.39 is 35.4 Å². The average molecular weight is 697 g/mol. The first-order chi connectivity index (χ1) is 25.0. The van der Waals surface area contributed by atoms with Crippen molar-refractivity contribution in [2.75, 3.05) is 0 Å². The molecule has 15 rings (SSSR count). The molecule has 5 saturated heterocycles. The molecule has 4 unspecified atom stereocenters. The van der Waals surface area contributed by atoms with Crippen LogP contribution in [-0.2, 0) is 34.1 Å². The van der Waals surface area contributed by atoms with Crippen LogP contribution in [0.5, 0.6) is 0 Å². The number of allylic oxidation sites excluding steroid dienone is 4. The first kappa shape index (κ1) is 29.9. The molecule has 6 aromatic rings. The van der Waals surface area contributed by atoms with Crippen molar-refractivity contribution in [1.29, 1.82) is 0 Å². The third-order valence-corrected chi connectivity index (χ3v) is 22.1. The molecule has 0 radical (unpaired) electrons. The molecule has 6 aromatic carbocycles. The molecule has 246 valence electrons. The molecule has 3 nitrogen and oxygen atoms in total. The fourth-order valence-corrected chi connectivity index (χ4v) is 24.3. The van der Waals surface area contributed by atoms with E-state index in [-0.39, 0.29) is 11.8 Å². The van der Waals surface area contributed by atoms with E-state index in [0.29, 0.717) is 0 Å². The van der Waals surface area contributed by atoms with Gasteiger partial charge < -0.3 is 0 Å². The third-order valence-electron chi connectivity index (χ3n) is 13.0. The summed E-state index contributed by atoms with van der Waals surface area (Å²) in [6.07, 6.45) is 4.58. The van der Waals surface area contributed by atoms with Gasteiger partial charge in [-0.25, -0.2) is 0 Å². The van der Waals surface area contributed by atoms with Gasteiger partial charge in [0.05, 0.1) is 0 Å². The molecule has 2 aliphatic carbocycles. The molecule has 7 aliphatic heterocycles. The minimum Gasteiger partial charge on any atom is -0.290 e. The lowest BCUT2D eigenvalue weighted by atomic mass is 9.48. The van der Waals surface area contributed by atoms with Gasteiger partial charge in [-0.3, -0.25) is 13.4 Å². The van der Waals surface area contributed by atoms with Crippen LogP contribution < -0.4 is 0 Å². The van der Waals surface area contributed by atoms with E-state index in [0.717, 1.165) is 44.5 Å². The molecule has 51 heavy (non-hydrogen) atoms. The summed E-state index contributed by atoms with van der Waals surface area (Å²) in [6, 6.07) is 62.4. The molecule has 8 atom stereocenters. The van der Waals surface area contributed by atoms with Gasteiger partial charge in [0.15, 0.2) is 0 Å². The van der Waals surface area contributed by atoms with Gasteiger partial charge in [-0.1, -0.05) is 194 Å². The summed E-state index contributed by atoms with van der Waals surface area (Å²) >= 11 is 0. The molecule has 0 N–H and O–H groups in total. The van der Waals surface area contributed by atoms with Gasteiger partial charge in [0.1, 0.15) is 20.6 Å². The summed E-state index contributed by atoms with van der Waals surface area (Å²) in [7, 11) is -8.07. The van der Waals surface area contributed by atoms with Crippen molar-refractivity contribution in [1.82, 2.24) is 0 Å². The van der Waals surface area contributed by atoms with Crippen LogP contribution in [0.1, 0.15) is 33.4 Å². The van der Waals surface area contributed by atoms with Gasteiger partial charge in [0.2, 0.25) is 14.7 Å². The van der Waals surface area contributed by atoms with Gasteiger partial charge in [-0.05, 0) is 44.5 Å². The molecule has 5 heteroatoms. The summed E-state index contributed by atoms with van der Waals surface area (Å²) in [4.78, 5) is 0. The summed E-state index contributed by atoms with van der Waals surface area (Å²) in [5.41, 5.74) is 8.11. The van der Waals surface area contributed by atoms with E-state index in [9.17, 15) is 0 Å². The van der Waals surface area contributed by atoms with Crippen molar-refractivity contribution in [3.8, 4) is 0 Å². The van der Waals surface area contributed by atoms with Crippen molar-refractivity contribution in [3.05, 3.63) is 228 Å². The highest BCUT2D eigenvalue weighted by Crippen LogP contribution is 3.17. The molecule has 0 saturated carbocycles. The van der Waals surface area contributed by atoms with E-state index in [4.69, 9.17) is 4.31 Å². The van der Waals surface area contributed by atoms with Crippen LogP contribution in [-0.4, -0.2) is 0 Å². The molecule has 5 fully saturated rings. The Morgan fingerprint density at radius 2 is 0.647 bits per heavy atom. The van der Waals surface area contributed by atoms with Crippen molar-refractivity contribution < 1.29 is 13.4 Å². The molecule has 0 amide bonds. The lowest BCUT2D eigenvalue weighted by molar-refractivity contribution is 0.145. The SMILES string of the molecule is O=P12OP3(=O)C4(c5ccccc5)C=C(c5ccccc5)[C@H]5[C@H](C(c6ccccc6)=CC1(c1ccccc1)[C@@]53c1ccccc1)[C@]42c1ccccc1. The fourth-order valence-electron chi connectivity index (χ4n) is 11.7. The van der Waals surface area contributed by atoms with Crippen LogP contribution in [0.25, 0.3) is 11.1 Å². The predicted octanol–water partition coefficient (Wildman–Crippen LogP) is 11.6. The number of hydrogen-bond acceptors (Lipinski definition) is 3. The van der Waals surface area contributed by atoms with Gasteiger partial charge >= 0.3 is 0 Å². The Balaban J connectivity index is 1.46. The lowest BCUT2D eigenvalue weighted by Crippen LogP contribution is -2.75. The quantitative estimate of drug-likeness (QED) is 0.163. The zero-order chi connectivity index (χ0) is 34.1. The summed E-state index contributed by atoms with van der Waals surface area (Å²) < 4.78 is 42.5. The van der Waals surface area contributed by atoms with E-state index >= 15 is 9.13 Å². The molecule has 0 spiro atoms. The second kappa shape index (κ2) is 9.96. The van der Waals surface area contributed by atoms with Crippen molar-refractivity contribution in [2.24, 2.45) is 11.8 Å². The number of benzene rings is 6. The Morgan fingerprint density at radius 3 is 0.961 bits per heavy atom. The first-order valence-electron chi connectivity index (χ1n) is 17.7. The summed E-state index contributed by atoms with van der Waals surface area (Å²) in [6.45, 7) is 0. The largest absolute Gasteiger partial charge is 0.290 e. The highest BCUT2D eigenvalue weighted by molar-refractivity contribution is 7.83. The second-order valence-electron chi connectivity index (χ2n) is 14.6. The molecule has 0 aromatic heterocycles. The average Bonchev–Trinajstić information content (AvgIpc) is 3.53. The highest BCUT2D eigenvalue weighted by atomic mass is 31.2. The van der Waals surface area contributed by atoms with Crippen molar-refractivity contribution >= 4 is 25.9 Å². The summed E-state index contributed by atoms with van der Waals surface area (Å²) in [5.74, 6) is -0.659. The Kier molecular flexibility index (Phi) is 5.84. The van der Waals surface area contributed by atoms with Crippen LogP contribution in [0.15, 0.2) is 194 Å². The van der Waals surface area contributed by atoms with Gasteiger partial charge in [0.25, 0.3) is 0 Å². The van der Waals surface area contributed by atoms with Crippen molar-refractivity contribution in [2.45, 2.75) is 20.6 Å². The maximum absolute atomic E-state index is 17.6. The Hall–Kier alpha value is -4.78. The number of rotatable bonds is 6. The molecule has 9 aliphatic rings. The van der Waals surface area contributed by atoms with Gasteiger partial charge in [0, 0.05) is 11.8 Å². The molecule has 8 bridgehead atoms. The lowest BCUT2D eigenvalue weighted by Gasteiger charge is -2.76. The highest BCUT2D eigenvalue weighted by Gasteiger charge is 3.04.